The van der Waals surface area contributed by atoms with E-state index in [1.54, 1.807) is 0 Å². The van der Waals surface area contributed by atoms with Gasteiger partial charge in [-0.2, -0.15) is 0 Å². The van der Waals surface area contributed by atoms with Crippen molar-refractivity contribution in [3.05, 3.63) is 97.1 Å². The summed E-state index contributed by atoms with van der Waals surface area (Å²) in [6.45, 7) is 0. The summed E-state index contributed by atoms with van der Waals surface area (Å²) < 4.78 is 0. The SMILES string of the molecule is c1ccc(-c2ccc3c(c2-c2ccccc2)-c2ccccc2-3)cc1. The van der Waals surface area contributed by atoms with Gasteiger partial charge in [-0.1, -0.05) is 97.1 Å². The van der Waals surface area contributed by atoms with Gasteiger partial charge in [-0.15, -0.1) is 0 Å². The van der Waals surface area contributed by atoms with Gasteiger partial charge < -0.3 is 0 Å². The maximum Gasteiger partial charge on any atom is -0.00141 e. The van der Waals surface area contributed by atoms with E-state index in [1.165, 1.54) is 44.5 Å². The van der Waals surface area contributed by atoms with E-state index in [0.717, 1.165) is 0 Å². The Morgan fingerprint density at radius 2 is 0.833 bits per heavy atom. The van der Waals surface area contributed by atoms with Gasteiger partial charge in [0.1, 0.15) is 0 Å². The molecule has 0 spiro atoms. The molecule has 24 heavy (non-hydrogen) atoms. The summed E-state index contributed by atoms with van der Waals surface area (Å²) >= 11 is 0. The summed E-state index contributed by atoms with van der Waals surface area (Å²) in [4.78, 5) is 0. The van der Waals surface area contributed by atoms with Crippen LogP contribution in [0.15, 0.2) is 97.1 Å². The molecule has 0 radical (unpaired) electrons. The van der Waals surface area contributed by atoms with E-state index in [0.29, 0.717) is 0 Å². The second-order valence-corrected chi connectivity index (χ2v) is 6.19. The van der Waals surface area contributed by atoms with E-state index in [1.807, 2.05) is 0 Å². The van der Waals surface area contributed by atoms with E-state index >= 15 is 0 Å². The van der Waals surface area contributed by atoms with Crippen LogP contribution >= 0.6 is 0 Å². The summed E-state index contributed by atoms with van der Waals surface area (Å²) in [5.41, 5.74) is 10.7. The number of benzene rings is 4. The Kier molecular flexibility index (Phi) is 2.89. The van der Waals surface area contributed by atoms with Crippen LogP contribution in [0.1, 0.15) is 0 Å². The van der Waals surface area contributed by atoms with Gasteiger partial charge in [-0.05, 0) is 44.5 Å². The topological polar surface area (TPSA) is 0 Å². The summed E-state index contributed by atoms with van der Waals surface area (Å²) in [5.74, 6) is 0. The number of fused-ring (bicyclic) bond motifs is 4. The van der Waals surface area contributed by atoms with E-state index in [2.05, 4.69) is 97.1 Å². The van der Waals surface area contributed by atoms with Crippen molar-refractivity contribution in [1.82, 2.24) is 0 Å². The monoisotopic (exact) mass is 304 g/mol. The second kappa shape index (κ2) is 5.21. The van der Waals surface area contributed by atoms with Crippen LogP contribution in [0.4, 0.5) is 0 Å². The molecule has 0 N–H and O–H groups in total. The summed E-state index contributed by atoms with van der Waals surface area (Å²) in [6, 6.07) is 34.7. The van der Waals surface area contributed by atoms with E-state index in [4.69, 9.17) is 0 Å². The minimum atomic E-state index is 1.27. The number of rotatable bonds is 2. The van der Waals surface area contributed by atoms with Crippen molar-refractivity contribution in [2.45, 2.75) is 0 Å². The number of hydrogen-bond donors (Lipinski definition) is 0. The molecule has 0 bridgehead atoms. The van der Waals surface area contributed by atoms with Crippen LogP contribution < -0.4 is 0 Å². The molecule has 0 heterocycles. The van der Waals surface area contributed by atoms with Gasteiger partial charge in [-0.3, -0.25) is 0 Å². The van der Waals surface area contributed by atoms with Crippen molar-refractivity contribution < 1.29 is 0 Å². The van der Waals surface area contributed by atoms with Crippen LogP contribution in [0.5, 0.6) is 0 Å². The van der Waals surface area contributed by atoms with Crippen LogP contribution in [0.25, 0.3) is 44.5 Å². The third-order valence-electron chi connectivity index (χ3n) is 4.84. The average Bonchev–Trinajstić information content (AvgIpc) is 2.66. The normalized spacial score (nSPS) is 11.3. The van der Waals surface area contributed by atoms with Gasteiger partial charge in [0.05, 0.1) is 0 Å². The fourth-order valence-corrected chi connectivity index (χ4v) is 3.74. The Balaban J connectivity index is 1.84. The smallest absolute Gasteiger partial charge is 0.00141 e. The highest BCUT2D eigenvalue weighted by Crippen LogP contribution is 2.54. The van der Waals surface area contributed by atoms with E-state index < -0.39 is 0 Å². The lowest BCUT2D eigenvalue weighted by molar-refractivity contribution is 1.50. The molecule has 0 fully saturated rings. The minimum absolute atomic E-state index is 1.27. The summed E-state index contributed by atoms with van der Waals surface area (Å²) in [5, 5.41) is 0. The summed E-state index contributed by atoms with van der Waals surface area (Å²) in [7, 11) is 0. The molecule has 0 atom stereocenters. The predicted octanol–water partition coefficient (Wildman–Crippen LogP) is 6.67. The molecule has 0 aromatic heterocycles. The summed E-state index contributed by atoms with van der Waals surface area (Å²) in [6.07, 6.45) is 0. The van der Waals surface area contributed by atoms with Gasteiger partial charge in [0.15, 0.2) is 0 Å². The van der Waals surface area contributed by atoms with Crippen molar-refractivity contribution in [2.24, 2.45) is 0 Å². The first kappa shape index (κ1) is 13.3. The first-order valence-corrected chi connectivity index (χ1v) is 8.31. The van der Waals surface area contributed by atoms with Crippen molar-refractivity contribution in [1.29, 1.82) is 0 Å². The fraction of sp³-hybridized carbons (Fsp3) is 0. The Morgan fingerprint density at radius 3 is 1.54 bits per heavy atom. The zero-order chi connectivity index (χ0) is 15.9. The van der Waals surface area contributed by atoms with Crippen LogP contribution in [0.3, 0.4) is 0 Å². The fourth-order valence-electron chi connectivity index (χ4n) is 3.74. The van der Waals surface area contributed by atoms with Crippen LogP contribution in [-0.4, -0.2) is 0 Å². The second-order valence-electron chi connectivity index (χ2n) is 6.19. The Morgan fingerprint density at radius 1 is 0.292 bits per heavy atom. The van der Waals surface area contributed by atoms with E-state index in [9.17, 15) is 0 Å². The van der Waals surface area contributed by atoms with Crippen LogP contribution in [-0.2, 0) is 0 Å². The average molecular weight is 304 g/mol. The maximum absolute atomic E-state index is 2.27. The quantitative estimate of drug-likeness (QED) is 0.342. The van der Waals surface area contributed by atoms with Crippen molar-refractivity contribution in [2.75, 3.05) is 0 Å². The maximum atomic E-state index is 2.27. The molecule has 0 heteroatoms. The van der Waals surface area contributed by atoms with Crippen LogP contribution in [0.2, 0.25) is 0 Å². The predicted molar refractivity (Wildman–Crippen MR) is 102 cm³/mol. The van der Waals surface area contributed by atoms with Crippen LogP contribution in [0, 0.1) is 0 Å². The molecule has 5 rings (SSSR count). The lowest BCUT2D eigenvalue weighted by Crippen LogP contribution is -2.02. The molecule has 1 aliphatic rings. The van der Waals surface area contributed by atoms with Gasteiger partial charge >= 0.3 is 0 Å². The molecule has 0 nitrogen and oxygen atoms in total. The zero-order valence-electron chi connectivity index (χ0n) is 13.2. The third-order valence-corrected chi connectivity index (χ3v) is 4.84. The molecule has 4 aromatic carbocycles. The lowest BCUT2D eigenvalue weighted by Gasteiger charge is -2.29. The molecule has 0 unspecified atom stereocenters. The van der Waals surface area contributed by atoms with Gasteiger partial charge in [0, 0.05) is 0 Å². The standard InChI is InChI=1S/C24H16/c1-3-9-17(10-4-1)19-15-16-22-20-13-7-8-14-21(20)24(22)23(19)18-11-5-2-6-12-18/h1-16H. The Bertz CT molecular complexity index is 1010. The minimum Gasteiger partial charge on any atom is -0.0622 e. The highest BCUT2D eigenvalue weighted by molar-refractivity contribution is 6.12. The van der Waals surface area contributed by atoms with Gasteiger partial charge in [-0.25, -0.2) is 0 Å². The zero-order valence-corrected chi connectivity index (χ0v) is 13.2. The van der Waals surface area contributed by atoms with Crippen molar-refractivity contribution in [3.8, 4) is 44.5 Å². The highest BCUT2D eigenvalue weighted by Gasteiger charge is 2.27. The van der Waals surface area contributed by atoms with E-state index in [-0.39, 0.29) is 0 Å². The van der Waals surface area contributed by atoms with Gasteiger partial charge in [0.2, 0.25) is 0 Å². The number of hydrogen-bond acceptors (Lipinski definition) is 0. The molecule has 0 saturated heterocycles. The first-order valence-electron chi connectivity index (χ1n) is 8.31. The molecule has 0 aliphatic heterocycles. The first-order chi connectivity index (χ1) is 11.9. The molecule has 1 aliphatic carbocycles. The Hall–Kier alpha value is -3.12. The van der Waals surface area contributed by atoms with Gasteiger partial charge in [0.25, 0.3) is 0 Å². The van der Waals surface area contributed by atoms with Crippen molar-refractivity contribution in [3.63, 3.8) is 0 Å². The van der Waals surface area contributed by atoms with Crippen molar-refractivity contribution >= 4 is 0 Å². The molecule has 0 amide bonds. The third kappa shape index (κ3) is 1.87. The molecular formula is C24H16. The lowest BCUT2D eigenvalue weighted by atomic mass is 9.74. The molecule has 112 valence electrons. The molecule has 0 saturated carbocycles. The Labute approximate surface area is 142 Å². The largest absolute Gasteiger partial charge is 0.0622 e. The molecule has 4 aromatic rings. The highest BCUT2D eigenvalue weighted by atomic mass is 14.3. The molecular weight excluding hydrogens is 288 g/mol.